The van der Waals surface area contributed by atoms with Crippen LogP contribution in [0.25, 0.3) is 0 Å². The quantitative estimate of drug-likeness (QED) is 0.499. The van der Waals surface area contributed by atoms with Gasteiger partial charge in [0.25, 0.3) is 0 Å². The van der Waals surface area contributed by atoms with Crippen molar-refractivity contribution in [2.75, 3.05) is 53.0 Å². The highest BCUT2D eigenvalue weighted by Gasteiger charge is 2.23. The molecule has 1 aliphatic heterocycles. The van der Waals surface area contributed by atoms with Crippen LogP contribution in [-0.2, 0) is 4.74 Å². The third kappa shape index (κ3) is 4.07. The molecule has 0 aromatic heterocycles. The molecule has 3 nitrogen and oxygen atoms in total. The van der Waals surface area contributed by atoms with Crippen molar-refractivity contribution in [3.05, 3.63) is 0 Å². The Balaban J connectivity index is 2.10. The maximum absolute atomic E-state index is 5.34. The minimum Gasteiger partial charge on any atom is -0.382 e. The number of nitrogens with one attached hydrogen (secondary N) is 1. The molecule has 1 N–H and O–H groups in total. The van der Waals surface area contributed by atoms with E-state index in [4.69, 9.17) is 4.74 Å². The summed E-state index contributed by atoms with van der Waals surface area (Å²) in [7, 11) is 2.35. The molecule has 1 heterocycles. The van der Waals surface area contributed by atoms with E-state index in [9.17, 15) is 0 Å². The number of nitrogens with zero attached hydrogens (tertiary/aromatic N) is 1. The van der Waals surface area contributed by atoms with E-state index in [0.29, 0.717) is 0 Å². The second-order valence-corrected chi connectivity index (χ2v) is 4.09. The molecular weight excluding hydrogens is 164 g/mol. The fourth-order valence-electron chi connectivity index (χ4n) is 1.85. The van der Waals surface area contributed by atoms with Crippen molar-refractivity contribution < 1.29 is 9.22 Å². The lowest BCUT2D eigenvalue weighted by Gasteiger charge is -2.38. The molecule has 0 bridgehead atoms. The Labute approximate surface area is 81.7 Å². The van der Waals surface area contributed by atoms with Crippen LogP contribution in [0.5, 0.6) is 0 Å². The highest BCUT2D eigenvalue weighted by Crippen LogP contribution is 2.05. The number of quaternary nitrogens is 1. The van der Waals surface area contributed by atoms with E-state index >= 15 is 0 Å². The van der Waals surface area contributed by atoms with Gasteiger partial charge in [-0.3, -0.25) is 0 Å². The predicted molar refractivity (Wildman–Crippen MR) is 54.8 cm³/mol. The monoisotopic (exact) mass is 187 g/mol. The van der Waals surface area contributed by atoms with E-state index < -0.39 is 0 Å². The molecule has 3 heteroatoms. The molecule has 0 saturated carbocycles. The van der Waals surface area contributed by atoms with Gasteiger partial charge in [0.1, 0.15) is 0 Å². The average molecular weight is 187 g/mol. The van der Waals surface area contributed by atoms with Crippen molar-refractivity contribution in [1.29, 1.82) is 0 Å². The van der Waals surface area contributed by atoms with Gasteiger partial charge >= 0.3 is 0 Å². The van der Waals surface area contributed by atoms with Gasteiger partial charge in [-0.2, -0.15) is 0 Å². The van der Waals surface area contributed by atoms with Gasteiger partial charge in [-0.25, -0.2) is 0 Å². The van der Waals surface area contributed by atoms with Crippen LogP contribution >= 0.6 is 0 Å². The van der Waals surface area contributed by atoms with Crippen LogP contribution in [-0.4, -0.2) is 57.5 Å². The molecule has 1 aliphatic rings. The van der Waals surface area contributed by atoms with Crippen molar-refractivity contribution in [1.82, 2.24) is 5.32 Å². The fraction of sp³-hybridized carbons (Fsp3) is 1.00. The molecule has 13 heavy (non-hydrogen) atoms. The minimum atomic E-state index is 0.852. The summed E-state index contributed by atoms with van der Waals surface area (Å²) in [5.41, 5.74) is 0. The second-order valence-electron chi connectivity index (χ2n) is 4.09. The van der Waals surface area contributed by atoms with Crippen LogP contribution in [0.3, 0.4) is 0 Å². The molecule has 0 amide bonds. The second kappa shape index (κ2) is 5.58. The first-order chi connectivity index (χ1) is 6.27. The summed E-state index contributed by atoms with van der Waals surface area (Å²) in [5.74, 6) is 0. The summed E-state index contributed by atoms with van der Waals surface area (Å²) in [5, 5.41) is 3.39. The van der Waals surface area contributed by atoms with Crippen molar-refractivity contribution in [3.63, 3.8) is 0 Å². The first kappa shape index (κ1) is 11.0. The van der Waals surface area contributed by atoms with Crippen LogP contribution in [0.15, 0.2) is 0 Å². The standard InChI is InChI=1S/C10H23N2O/c1-3-13-10-4-7-12(2)8-5-11-6-9-12/h11H,3-10H2,1-2H3/q+1. The Morgan fingerprint density at radius 2 is 2.00 bits per heavy atom. The first-order valence-corrected chi connectivity index (χ1v) is 5.39. The Morgan fingerprint density at radius 1 is 1.31 bits per heavy atom. The number of hydrogen-bond acceptors (Lipinski definition) is 2. The highest BCUT2D eigenvalue weighted by atomic mass is 16.5. The lowest BCUT2D eigenvalue weighted by atomic mass is 10.2. The predicted octanol–water partition coefficient (Wildman–Crippen LogP) is 0.463. The van der Waals surface area contributed by atoms with Gasteiger partial charge in [0.2, 0.25) is 0 Å². The van der Waals surface area contributed by atoms with Gasteiger partial charge in [0, 0.05) is 26.1 Å². The van der Waals surface area contributed by atoms with Gasteiger partial charge in [-0.05, 0) is 6.92 Å². The van der Waals surface area contributed by atoms with Crippen molar-refractivity contribution in [3.8, 4) is 0 Å². The Kier molecular flexibility index (Phi) is 4.70. The fourth-order valence-corrected chi connectivity index (χ4v) is 1.85. The minimum absolute atomic E-state index is 0.852. The number of piperazine rings is 1. The Bertz CT molecular complexity index is 133. The van der Waals surface area contributed by atoms with Crippen molar-refractivity contribution in [2.24, 2.45) is 0 Å². The van der Waals surface area contributed by atoms with E-state index in [-0.39, 0.29) is 0 Å². The number of hydrogen-bond donors (Lipinski definition) is 1. The van der Waals surface area contributed by atoms with E-state index in [1.54, 1.807) is 0 Å². The van der Waals surface area contributed by atoms with Crippen LogP contribution in [0.1, 0.15) is 13.3 Å². The lowest BCUT2D eigenvalue weighted by Crippen LogP contribution is -2.56. The molecule has 0 unspecified atom stereocenters. The summed E-state index contributed by atoms with van der Waals surface area (Å²) < 4.78 is 6.57. The van der Waals surface area contributed by atoms with E-state index in [0.717, 1.165) is 13.2 Å². The zero-order valence-electron chi connectivity index (χ0n) is 9.01. The summed E-state index contributed by atoms with van der Waals surface area (Å²) in [4.78, 5) is 0. The third-order valence-corrected chi connectivity index (χ3v) is 2.85. The van der Waals surface area contributed by atoms with Gasteiger partial charge in [0.15, 0.2) is 0 Å². The normalized spacial score (nSPS) is 21.7. The molecule has 1 fully saturated rings. The molecule has 0 aromatic carbocycles. The van der Waals surface area contributed by atoms with E-state index in [1.807, 2.05) is 0 Å². The summed E-state index contributed by atoms with van der Waals surface area (Å²) in [6, 6.07) is 0. The molecular formula is C10H23N2O+. The topological polar surface area (TPSA) is 21.3 Å². The van der Waals surface area contributed by atoms with E-state index in [2.05, 4.69) is 19.3 Å². The number of rotatable bonds is 5. The van der Waals surface area contributed by atoms with Crippen LogP contribution in [0.4, 0.5) is 0 Å². The third-order valence-electron chi connectivity index (χ3n) is 2.85. The number of likely N-dealkylation sites (N-methyl/N-ethyl adjacent to an activating group) is 1. The molecule has 0 atom stereocenters. The molecule has 1 rings (SSSR count). The Hall–Kier alpha value is -0.120. The molecule has 78 valence electrons. The lowest BCUT2D eigenvalue weighted by molar-refractivity contribution is -0.911. The average Bonchev–Trinajstić information content (AvgIpc) is 2.14. The summed E-state index contributed by atoms with van der Waals surface area (Å²) in [6.45, 7) is 9.99. The zero-order chi connectivity index (χ0) is 9.57. The largest absolute Gasteiger partial charge is 0.382 e. The molecule has 1 saturated heterocycles. The number of ether oxygens (including phenoxy) is 1. The van der Waals surface area contributed by atoms with Crippen LogP contribution in [0.2, 0.25) is 0 Å². The molecule has 0 aliphatic carbocycles. The van der Waals surface area contributed by atoms with Crippen LogP contribution in [0, 0.1) is 0 Å². The van der Waals surface area contributed by atoms with Crippen molar-refractivity contribution in [2.45, 2.75) is 13.3 Å². The summed E-state index contributed by atoms with van der Waals surface area (Å²) in [6.07, 6.45) is 1.20. The van der Waals surface area contributed by atoms with Gasteiger partial charge < -0.3 is 14.5 Å². The maximum atomic E-state index is 5.34. The molecule has 0 aromatic rings. The van der Waals surface area contributed by atoms with Gasteiger partial charge in [-0.15, -0.1) is 0 Å². The Morgan fingerprint density at radius 3 is 2.62 bits per heavy atom. The van der Waals surface area contributed by atoms with E-state index in [1.165, 1.54) is 43.6 Å². The van der Waals surface area contributed by atoms with Gasteiger partial charge in [-0.1, -0.05) is 0 Å². The molecule has 0 radical (unpaired) electrons. The van der Waals surface area contributed by atoms with Crippen LogP contribution < -0.4 is 5.32 Å². The summed E-state index contributed by atoms with van der Waals surface area (Å²) >= 11 is 0. The SMILES string of the molecule is CCOCCC[N+]1(C)CCNCC1. The zero-order valence-corrected chi connectivity index (χ0v) is 9.01. The maximum Gasteiger partial charge on any atom is 0.0911 e. The van der Waals surface area contributed by atoms with Crippen molar-refractivity contribution >= 4 is 0 Å². The molecule has 0 spiro atoms. The highest BCUT2D eigenvalue weighted by molar-refractivity contribution is 4.55. The van der Waals surface area contributed by atoms with Gasteiger partial charge in [0.05, 0.1) is 33.3 Å². The smallest absolute Gasteiger partial charge is 0.0911 e. The first-order valence-electron chi connectivity index (χ1n) is 5.39.